The molecule has 3 heterocycles. The van der Waals surface area contributed by atoms with Crippen molar-refractivity contribution in [2.45, 2.75) is 31.3 Å². The molecule has 3 aliphatic rings. The molecule has 0 unspecified atom stereocenters. The van der Waals surface area contributed by atoms with Gasteiger partial charge in [-0.05, 0) is 49.1 Å². The number of hydrazine groups is 1. The van der Waals surface area contributed by atoms with Crippen LogP contribution in [0.4, 0.5) is 0 Å². The number of rotatable bonds is 3. The van der Waals surface area contributed by atoms with Gasteiger partial charge >= 0.3 is 0 Å². The molecule has 0 spiro atoms. The van der Waals surface area contributed by atoms with E-state index in [0.29, 0.717) is 12.1 Å². The SMILES string of the molecule is CN(NC1CCOCC1)C(=O)[C@@H]1C=C2c3cccc4[nH]cc(c34)C[C@H]2N(C)C1. The zero-order valence-electron chi connectivity index (χ0n) is 16.6. The Morgan fingerprint density at radius 1 is 1.32 bits per heavy atom. The summed E-state index contributed by atoms with van der Waals surface area (Å²) < 4.78 is 5.42. The molecule has 6 nitrogen and oxygen atoms in total. The van der Waals surface area contributed by atoms with Gasteiger partial charge in [-0.1, -0.05) is 18.2 Å². The van der Waals surface area contributed by atoms with Crippen molar-refractivity contribution < 1.29 is 9.53 Å². The zero-order valence-corrected chi connectivity index (χ0v) is 16.6. The summed E-state index contributed by atoms with van der Waals surface area (Å²) in [5, 5.41) is 3.02. The number of likely N-dealkylation sites (N-methyl/N-ethyl adjacent to an activating group) is 1. The Kier molecular flexibility index (Phi) is 4.50. The number of nitrogens with one attached hydrogen (secondary N) is 2. The Labute approximate surface area is 165 Å². The third-order valence-corrected chi connectivity index (χ3v) is 6.51. The Morgan fingerprint density at radius 3 is 2.96 bits per heavy atom. The van der Waals surface area contributed by atoms with E-state index in [2.05, 4.69) is 52.8 Å². The number of carbonyl (C=O) groups is 1. The minimum atomic E-state index is -0.135. The Balaban J connectivity index is 1.42. The normalized spacial score (nSPS) is 25.4. The quantitative estimate of drug-likeness (QED) is 0.802. The summed E-state index contributed by atoms with van der Waals surface area (Å²) in [6.07, 6.45) is 7.26. The first kappa shape index (κ1) is 17.9. The fourth-order valence-corrected chi connectivity index (χ4v) is 5.02. The number of aromatic nitrogens is 1. The van der Waals surface area contributed by atoms with Crippen molar-refractivity contribution in [2.24, 2.45) is 5.92 Å². The minimum absolute atomic E-state index is 0.135. The third kappa shape index (κ3) is 2.96. The molecule has 148 valence electrons. The number of ether oxygens (including phenoxy) is 1. The van der Waals surface area contributed by atoms with Gasteiger partial charge in [-0.15, -0.1) is 0 Å². The standard InChI is InChI=1S/C22H28N4O2/c1-25-13-15(22(27)26(2)24-16-6-8-28-9-7-16)10-18-17-4-3-5-19-21(17)14(12-23-19)11-20(18)25/h3-5,10,12,15-16,20,23-24H,6-9,11,13H2,1-2H3/t15-,20-/m1/s1. The largest absolute Gasteiger partial charge is 0.381 e. The number of hydrogen-bond acceptors (Lipinski definition) is 4. The van der Waals surface area contributed by atoms with Gasteiger partial charge in [0.2, 0.25) is 5.91 Å². The van der Waals surface area contributed by atoms with Crippen LogP contribution in [0.2, 0.25) is 0 Å². The average Bonchev–Trinajstić information content (AvgIpc) is 3.13. The molecule has 2 aromatic rings. The first-order chi connectivity index (χ1) is 13.6. The van der Waals surface area contributed by atoms with Crippen molar-refractivity contribution in [1.82, 2.24) is 20.3 Å². The fraction of sp³-hybridized carbons (Fsp3) is 0.500. The molecule has 5 rings (SSSR count). The lowest BCUT2D eigenvalue weighted by Gasteiger charge is -2.40. The molecule has 1 aliphatic carbocycles. The number of nitrogens with zero attached hydrogens (tertiary/aromatic N) is 2. The summed E-state index contributed by atoms with van der Waals surface area (Å²) in [4.78, 5) is 18.9. The number of carbonyl (C=O) groups excluding carboxylic acids is 1. The van der Waals surface area contributed by atoms with Gasteiger partial charge in [0.15, 0.2) is 0 Å². The van der Waals surface area contributed by atoms with E-state index in [-0.39, 0.29) is 11.8 Å². The van der Waals surface area contributed by atoms with Crippen molar-refractivity contribution in [3.63, 3.8) is 0 Å². The van der Waals surface area contributed by atoms with Gasteiger partial charge in [-0.25, -0.2) is 5.43 Å². The van der Waals surface area contributed by atoms with E-state index in [1.165, 1.54) is 27.6 Å². The molecule has 1 fully saturated rings. The first-order valence-electron chi connectivity index (χ1n) is 10.2. The fourth-order valence-electron chi connectivity index (χ4n) is 5.02. The number of hydrogen-bond donors (Lipinski definition) is 2. The highest BCUT2D eigenvalue weighted by atomic mass is 16.5. The van der Waals surface area contributed by atoms with Crippen molar-refractivity contribution in [3.8, 4) is 0 Å². The second-order valence-corrected chi connectivity index (χ2v) is 8.34. The summed E-state index contributed by atoms with van der Waals surface area (Å²) in [7, 11) is 4.00. The second kappa shape index (κ2) is 7.03. The minimum Gasteiger partial charge on any atom is -0.381 e. The van der Waals surface area contributed by atoms with Crippen LogP contribution in [0, 0.1) is 5.92 Å². The summed E-state index contributed by atoms with van der Waals surface area (Å²) >= 11 is 0. The van der Waals surface area contributed by atoms with E-state index in [1.807, 2.05) is 7.05 Å². The van der Waals surface area contributed by atoms with Crippen molar-refractivity contribution >= 4 is 22.4 Å². The molecule has 0 radical (unpaired) electrons. The van der Waals surface area contributed by atoms with Gasteiger partial charge in [0.1, 0.15) is 0 Å². The highest BCUT2D eigenvalue weighted by molar-refractivity contribution is 5.99. The average molecular weight is 380 g/mol. The molecule has 2 aliphatic heterocycles. The molecular formula is C22H28N4O2. The number of H-pyrrole nitrogens is 1. The van der Waals surface area contributed by atoms with Crippen LogP contribution < -0.4 is 5.43 Å². The van der Waals surface area contributed by atoms with E-state index >= 15 is 0 Å². The van der Waals surface area contributed by atoms with Gasteiger partial charge in [-0.3, -0.25) is 14.7 Å². The third-order valence-electron chi connectivity index (χ3n) is 6.51. The van der Waals surface area contributed by atoms with Crippen LogP contribution >= 0.6 is 0 Å². The maximum Gasteiger partial charge on any atom is 0.244 e. The molecule has 1 amide bonds. The molecule has 6 heteroatoms. The lowest BCUT2D eigenvalue weighted by Crippen LogP contribution is -2.52. The molecule has 2 N–H and O–H groups in total. The van der Waals surface area contributed by atoms with E-state index in [9.17, 15) is 4.79 Å². The smallest absolute Gasteiger partial charge is 0.244 e. The lowest BCUT2D eigenvalue weighted by atomic mass is 9.80. The molecule has 28 heavy (non-hydrogen) atoms. The van der Waals surface area contributed by atoms with Gasteiger partial charge in [-0.2, -0.15) is 0 Å². The van der Waals surface area contributed by atoms with E-state index in [1.54, 1.807) is 5.01 Å². The molecular weight excluding hydrogens is 352 g/mol. The highest BCUT2D eigenvalue weighted by Gasteiger charge is 2.36. The van der Waals surface area contributed by atoms with Crippen LogP contribution in [-0.4, -0.2) is 66.7 Å². The number of fused-ring (bicyclic) bond motifs is 2. The van der Waals surface area contributed by atoms with E-state index in [4.69, 9.17) is 4.74 Å². The summed E-state index contributed by atoms with van der Waals surface area (Å²) in [5.74, 6) is 0.000621. The maximum atomic E-state index is 13.2. The predicted octanol–water partition coefficient (Wildman–Crippen LogP) is 2.18. The summed E-state index contributed by atoms with van der Waals surface area (Å²) in [5.41, 5.74) is 8.51. The van der Waals surface area contributed by atoms with Crippen molar-refractivity contribution in [3.05, 3.63) is 41.6 Å². The Hall–Kier alpha value is -2.15. The van der Waals surface area contributed by atoms with Crippen LogP contribution in [0.5, 0.6) is 0 Å². The van der Waals surface area contributed by atoms with Crippen LogP contribution in [0.3, 0.4) is 0 Å². The number of benzene rings is 1. The number of amides is 1. The monoisotopic (exact) mass is 380 g/mol. The lowest BCUT2D eigenvalue weighted by molar-refractivity contribution is -0.137. The molecule has 0 bridgehead atoms. The van der Waals surface area contributed by atoms with Gasteiger partial charge in [0, 0.05) is 56.0 Å². The highest BCUT2D eigenvalue weighted by Crippen LogP contribution is 2.40. The van der Waals surface area contributed by atoms with E-state index in [0.717, 1.165) is 39.0 Å². The Morgan fingerprint density at radius 2 is 2.14 bits per heavy atom. The van der Waals surface area contributed by atoms with Crippen LogP contribution in [0.25, 0.3) is 16.5 Å². The molecule has 2 atom stereocenters. The van der Waals surface area contributed by atoms with Crippen molar-refractivity contribution in [1.29, 1.82) is 0 Å². The maximum absolute atomic E-state index is 13.2. The van der Waals surface area contributed by atoms with Gasteiger partial charge in [0.25, 0.3) is 0 Å². The number of aromatic amines is 1. The Bertz CT molecular complexity index is 928. The predicted molar refractivity (Wildman–Crippen MR) is 110 cm³/mol. The van der Waals surface area contributed by atoms with E-state index < -0.39 is 0 Å². The molecule has 1 aromatic heterocycles. The van der Waals surface area contributed by atoms with Gasteiger partial charge < -0.3 is 9.72 Å². The molecule has 1 aromatic carbocycles. The van der Waals surface area contributed by atoms with Gasteiger partial charge in [0.05, 0.1) is 5.92 Å². The van der Waals surface area contributed by atoms with Crippen LogP contribution in [0.15, 0.2) is 30.5 Å². The molecule has 1 saturated heterocycles. The zero-order chi connectivity index (χ0) is 19.3. The van der Waals surface area contributed by atoms with Crippen LogP contribution in [-0.2, 0) is 16.0 Å². The first-order valence-corrected chi connectivity index (χ1v) is 10.2. The molecule has 0 saturated carbocycles. The topological polar surface area (TPSA) is 60.6 Å². The van der Waals surface area contributed by atoms with Crippen molar-refractivity contribution in [2.75, 3.05) is 33.9 Å². The second-order valence-electron chi connectivity index (χ2n) is 8.34. The summed E-state index contributed by atoms with van der Waals surface area (Å²) in [6.45, 7) is 2.28. The van der Waals surface area contributed by atoms with Crippen LogP contribution in [0.1, 0.15) is 24.0 Å². The summed E-state index contributed by atoms with van der Waals surface area (Å²) in [6, 6.07) is 7.08.